The number of halogens is 3. The van der Waals surface area contributed by atoms with Gasteiger partial charge in [-0.3, -0.25) is 4.90 Å². The molecule has 138 valence electrons. The number of ether oxygens (including phenoxy) is 1. The topological polar surface area (TPSA) is 24.5 Å². The van der Waals surface area contributed by atoms with Crippen molar-refractivity contribution >= 4 is 24.8 Å². The van der Waals surface area contributed by atoms with E-state index in [2.05, 4.69) is 10.2 Å². The fourth-order valence-electron chi connectivity index (χ4n) is 4.10. The highest BCUT2D eigenvalue weighted by atomic mass is 35.5. The number of methoxy groups -OCH3 is 1. The van der Waals surface area contributed by atoms with Crippen LogP contribution in [0.4, 0.5) is 4.39 Å². The molecule has 3 rings (SSSR count). The van der Waals surface area contributed by atoms with Crippen LogP contribution in [0.15, 0.2) is 18.2 Å². The summed E-state index contributed by atoms with van der Waals surface area (Å²) in [6.45, 7) is 4.09. The normalized spacial score (nSPS) is 20.6. The molecule has 1 aromatic rings. The maximum absolute atomic E-state index is 13.9. The molecule has 0 spiro atoms. The molecule has 0 radical (unpaired) electrons. The van der Waals surface area contributed by atoms with Gasteiger partial charge in [0, 0.05) is 37.8 Å². The predicted molar refractivity (Wildman–Crippen MR) is 101 cm³/mol. The Bertz CT molecular complexity index is 474. The van der Waals surface area contributed by atoms with Gasteiger partial charge in [0.15, 0.2) is 0 Å². The van der Waals surface area contributed by atoms with E-state index in [1.165, 1.54) is 38.2 Å². The molecule has 6 heteroatoms. The van der Waals surface area contributed by atoms with Gasteiger partial charge in [-0.05, 0) is 37.0 Å². The van der Waals surface area contributed by atoms with Gasteiger partial charge in [0.1, 0.15) is 11.6 Å². The average molecular weight is 379 g/mol. The Kier molecular flexibility index (Phi) is 9.35. The Hall–Kier alpha value is -0.550. The number of benzene rings is 1. The van der Waals surface area contributed by atoms with Crippen molar-refractivity contribution in [2.24, 2.45) is 5.92 Å². The average Bonchev–Trinajstić information content (AvgIpc) is 2.57. The first-order valence-corrected chi connectivity index (χ1v) is 8.58. The molecule has 1 saturated carbocycles. The number of nitrogens with zero attached hydrogens (tertiary/aromatic N) is 1. The van der Waals surface area contributed by atoms with Crippen molar-refractivity contribution in [2.45, 2.75) is 38.1 Å². The van der Waals surface area contributed by atoms with Gasteiger partial charge in [-0.2, -0.15) is 0 Å². The number of nitrogens with one attached hydrogen (secondary N) is 1. The minimum absolute atomic E-state index is 0. The van der Waals surface area contributed by atoms with Crippen LogP contribution in [0.1, 0.15) is 43.7 Å². The van der Waals surface area contributed by atoms with Crippen molar-refractivity contribution in [1.82, 2.24) is 10.2 Å². The molecule has 2 aliphatic rings. The van der Waals surface area contributed by atoms with Crippen molar-refractivity contribution in [1.29, 1.82) is 0 Å². The van der Waals surface area contributed by atoms with E-state index >= 15 is 0 Å². The largest absolute Gasteiger partial charge is 0.496 e. The van der Waals surface area contributed by atoms with E-state index in [9.17, 15) is 4.39 Å². The number of rotatable bonds is 4. The van der Waals surface area contributed by atoms with Crippen molar-refractivity contribution < 1.29 is 9.13 Å². The summed E-state index contributed by atoms with van der Waals surface area (Å²) in [6, 6.07) is 5.26. The maximum atomic E-state index is 13.9. The molecule has 0 amide bonds. The van der Waals surface area contributed by atoms with E-state index in [0.29, 0.717) is 5.92 Å². The van der Waals surface area contributed by atoms with Crippen molar-refractivity contribution in [3.63, 3.8) is 0 Å². The first kappa shape index (κ1) is 21.5. The molecule has 0 bridgehead atoms. The van der Waals surface area contributed by atoms with Crippen LogP contribution in [0.3, 0.4) is 0 Å². The molecular weight excluding hydrogens is 350 g/mol. The lowest BCUT2D eigenvalue weighted by Gasteiger charge is -2.41. The van der Waals surface area contributed by atoms with Crippen LogP contribution in [0.5, 0.6) is 5.75 Å². The molecule has 2 fully saturated rings. The van der Waals surface area contributed by atoms with E-state index in [4.69, 9.17) is 4.74 Å². The predicted octanol–water partition coefficient (Wildman–Crippen LogP) is 4.20. The highest BCUT2D eigenvalue weighted by Crippen LogP contribution is 2.41. The highest BCUT2D eigenvalue weighted by molar-refractivity contribution is 5.85. The van der Waals surface area contributed by atoms with E-state index in [1.807, 2.05) is 0 Å². The highest BCUT2D eigenvalue weighted by Gasteiger charge is 2.33. The van der Waals surface area contributed by atoms with Crippen LogP contribution in [0.2, 0.25) is 0 Å². The summed E-state index contributed by atoms with van der Waals surface area (Å²) in [5.74, 6) is 1.28. The summed E-state index contributed by atoms with van der Waals surface area (Å²) in [6.07, 6.45) is 6.42. The van der Waals surface area contributed by atoms with Gasteiger partial charge in [0.2, 0.25) is 0 Å². The smallest absolute Gasteiger partial charge is 0.123 e. The third-order valence-corrected chi connectivity index (χ3v) is 5.15. The molecule has 1 N–H and O–H groups in total. The van der Waals surface area contributed by atoms with E-state index in [0.717, 1.165) is 37.5 Å². The van der Waals surface area contributed by atoms with Crippen molar-refractivity contribution in [2.75, 3.05) is 33.3 Å². The second-order valence-electron chi connectivity index (χ2n) is 6.52. The van der Waals surface area contributed by atoms with E-state index < -0.39 is 0 Å². The van der Waals surface area contributed by atoms with Crippen molar-refractivity contribution in [3.8, 4) is 5.75 Å². The molecule has 24 heavy (non-hydrogen) atoms. The fourth-order valence-corrected chi connectivity index (χ4v) is 4.10. The van der Waals surface area contributed by atoms with Crippen LogP contribution >= 0.6 is 24.8 Å². The van der Waals surface area contributed by atoms with Crippen LogP contribution in [0, 0.1) is 11.7 Å². The Morgan fingerprint density at radius 3 is 2.42 bits per heavy atom. The SMILES string of the molecule is COc1ccc(F)cc1[C@H](C1CCCCC1)N1CCNCC1.Cl.Cl. The van der Waals surface area contributed by atoms with Gasteiger partial charge >= 0.3 is 0 Å². The zero-order valence-corrected chi connectivity index (χ0v) is 15.9. The summed E-state index contributed by atoms with van der Waals surface area (Å²) < 4.78 is 19.4. The van der Waals surface area contributed by atoms with Crippen molar-refractivity contribution in [3.05, 3.63) is 29.6 Å². The standard InChI is InChI=1S/C18H27FN2O.2ClH/c1-22-17-8-7-15(19)13-16(17)18(14-5-3-2-4-6-14)21-11-9-20-10-12-21;;/h7-8,13-14,18,20H,2-6,9-12H2,1H3;2*1H/t18-;;/m0../s1. The first-order valence-electron chi connectivity index (χ1n) is 8.58. The Labute approximate surface area is 157 Å². The third-order valence-electron chi connectivity index (χ3n) is 5.15. The lowest BCUT2D eigenvalue weighted by atomic mass is 9.80. The van der Waals surface area contributed by atoms with E-state index in [1.54, 1.807) is 19.2 Å². The monoisotopic (exact) mass is 378 g/mol. The summed E-state index contributed by atoms with van der Waals surface area (Å²) in [5.41, 5.74) is 1.04. The molecule has 1 aromatic carbocycles. The van der Waals surface area contributed by atoms with Gasteiger partial charge in [0.25, 0.3) is 0 Å². The quantitative estimate of drug-likeness (QED) is 0.849. The molecule has 0 unspecified atom stereocenters. The van der Waals surface area contributed by atoms with Crippen LogP contribution in [-0.2, 0) is 0 Å². The first-order chi connectivity index (χ1) is 10.8. The number of hydrogen-bond acceptors (Lipinski definition) is 3. The van der Waals surface area contributed by atoms with Gasteiger partial charge in [-0.15, -0.1) is 24.8 Å². The molecule has 1 aliphatic carbocycles. The van der Waals surface area contributed by atoms with Gasteiger partial charge < -0.3 is 10.1 Å². The van der Waals surface area contributed by atoms with E-state index in [-0.39, 0.29) is 36.7 Å². The molecule has 1 saturated heterocycles. The zero-order valence-electron chi connectivity index (χ0n) is 14.3. The minimum Gasteiger partial charge on any atom is -0.496 e. The maximum Gasteiger partial charge on any atom is 0.123 e. The Balaban J connectivity index is 0.00000144. The minimum atomic E-state index is -0.160. The fraction of sp³-hybridized carbons (Fsp3) is 0.667. The second kappa shape index (κ2) is 10.4. The lowest BCUT2D eigenvalue weighted by molar-refractivity contribution is 0.101. The van der Waals surface area contributed by atoms with Crippen LogP contribution in [0.25, 0.3) is 0 Å². The zero-order chi connectivity index (χ0) is 15.4. The van der Waals surface area contributed by atoms with Crippen LogP contribution < -0.4 is 10.1 Å². The summed E-state index contributed by atoms with van der Waals surface area (Å²) >= 11 is 0. The summed E-state index contributed by atoms with van der Waals surface area (Å²) in [5, 5.41) is 3.42. The van der Waals surface area contributed by atoms with Gasteiger partial charge in [-0.25, -0.2) is 4.39 Å². The van der Waals surface area contributed by atoms with Crippen LogP contribution in [-0.4, -0.2) is 38.2 Å². The van der Waals surface area contributed by atoms with Gasteiger partial charge in [-0.1, -0.05) is 19.3 Å². The molecule has 0 aromatic heterocycles. The molecular formula is C18H29Cl2FN2O. The second-order valence-corrected chi connectivity index (χ2v) is 6.52. The Morgan fingerprint density at radius 2 is 1.79 bits per heavy atom. The molecule has 1 heterocycles. The Morgan fingerprint density at radius 1 is 1.12 bits per heavy atom. The number of hydrogen-bond donors (Lipinski definition) is 1. The third kappa shape index (κ3) is 4.98. The summed E-state index contributed by atoms with van der Waals surface area (Å²) in [7, 11) is 1.69. The van der Waals surface area contributed by atoms with Gasteiger partial charge in [0.05, 0.1) is 7.11 Å². The molecule has 1 atom stereocenters. The molecule has 3 nitrogen and oxygen atoms in total. The summed E-state index contributed by atoms with van der Waals surface area (Å²) in [4.78, 5) is 2.53. The number of piperazine rings is 1. The molecule has 1 aliphatic heterocycles. The lowest BCUT2D eigenvalue weighted by Crippen LogP contribution is -2.47.